The van der Waals surface area contributed by atoms with Crippen molar-refractivity contribution in [2.75, 3.05) is 0 Å². The fraction of sp³-hybridized carbons (Fsp3) is 0.294. The van der Waals surface area contributed by atoms with Crippen LogP contribution in [0, 0.1) is 6.92 Å². The van der Waals surface area contributed by atoms with Crippen LogP contribution in [0.2, 0.25) is 0 Å². The number of hydrogen-bond donors (Lipinski definition) is 2. The Morgan fingerprint density at radius 1 is 1.08 bits per heavy atom. The number of rotatable bonds is 4. The molecule has 1 aliphatic heterocycles. The van der Waals surface area contributed by atoms with Gasteiger partial charge in [0, 0.05) is 19.6 Å². The first-order valence-electron chi connectivity index (χ1n) is 7.66. The number of nitrogens with one attached hydrogen (secondary N) is 2. The van der Waals surface area contributed by atoms with Gasteiger partial charge in [0.25, 0.3) is 0 Å². The zero-order valence-corrected chi connectivity index (χ0v) is 14.3. The average molecular weight is 370 g/mol. The van der Waals surface area contributed by atoms with E-state index in [4.69, 9.17) is 0 Å². The fourth-order valence-corrected chi connectivity index (χ4v) is 4.08. The molecule has 0 atom stereocenters. The maximum atomic E-state index is 12.7. The van der Waals surface area contributed by atoms with E-state index in [0.717, 1.165) is 42.4 Å². The molecule has 2 aromatic rings. The van der Waals surface area contributed by atoms with Crippen LogP contribution >= 0.6 is 0 Å². The normalized spacial score (nSPS) is 14.6. The van der Waals surface area contributed by atoms with Crippen LogP contribution in [0.3, 0.4) is 0 Å². The van der Waals surface area contributed by atoms with E-state index < -0.39 is 21.8 Å². The zero-order valence-electron chi connectivity index (χ0n) is 13.4. The number of halogens is 3. The van der Waals surface area contributed by atoms with Crippen LogP contribution in [0.15, 0.2) is 41.3 Å². The van der Waals surface area contributed by atoms with Gasteiger partial charge in [-0.2, -0.15) is 13.2 Å². The Bertz CT molecular complexity index is 909. The summed E-state index contributed by atoms with van der Waals surface area (Å²) >= 11 is 0. The highest BCUT2D eigenvalue weighted by Crippen LogP contribution is 2.31. The molecular formula is C17H17F3N2O2S. The highest BCUT2D eigenvalue weighted by Gasteiger charge is 2.31. The van der Waals surface area contributed by atoms with Crippen molar-refractivity contribution in [3.05, 3.63) is 64.2 Å². The van der Waals surface area contributed by atoms with Crippen LogP contribution in [-0.4, -0.2) is 8.42 Å². The molecule has 8 heteroatoms. The summed E-state index contributed by atoms with van der Waals surface area (Å²) in [5.74, 6) is 0. The summed E-state index contributed by atoms with van der Waals surface area (Å²) in [5, 5.41) is 3.21. The summed E-state index contributed by atoms with van der Waals surface area (Å²) in [7, 11) is -3.90. The number of aryl methyl sites for hydroxylation is 1. The van der Waals surface area contributed by atoms with Crippen molar-refractivity contribution >= 4 is 10.0 Å². The molecule has 25 heavy (non-hydrogen) atoms. The van der Waals surface area contributed by atoms with Gasteiger partial charge >= 0.3 is 6.18 Å². The second-order valence-electron chi connectivity index (χ2n) is 6.01. The van der Waals surface area contributed by atoms with Crippen LogP contribution in [0.1, 0.15) is 27.8 Å². The molecular weight excluding hydrogens is 353 g/mol. The van der Waals surface area contributed by atoms with E-state index in [1.807, 2.05) is 18.2 Å². The van der Waals surface area contributed by atoms with Crippen LogP contribution < -0.4 is 10.0 Å². The van der Waals surface area contributed by atoms with E-state index in [0.29, 0.717) is 0 Å². The number of sulfonamides is 1. The molecule has 0 saturated heterocycles. The third-order valence-electron chi connectivity index (χ3n) is 4.16. The second kappa shape index (κ2) is 6.44. The Morgan fingerprint density at radius 2 is 1.80 bits per heavy atom. The summed E-state index contributed by atoms with van der Waals surface area (Å²) < 4.78 is 65.4. The van der Waals surface area contributed by atoms with Gasteiger partial charge in [-0.1, -0.05) is 18.2 Å². The molecule has 134 valence electrons. The molecule has 0 fully saturated rings. The van der Waals surface area contributed by atoms with E-state index >= 15 is 0 Å². The Balaban J connectivity index is 1.78. The van der Waals surface area contributed by atoms with Crippen LogP contribution in [0.25, 0.3) is 0 Å². The molecule has 0 bridgehead atoms. The molecule has 1 aliphatic rings. The Labute approximate surface area is 144 Å². The predicted molar refractivity (Wildman–Crippen MR) is 87.2 cm³/mol. The number of hydrogen-bond acceptors (Lipinski definition) is 3. The first-order chi connectivity index (χ1) is 11.7. The summed E-state index contributed by atoms with van der Waals surface area (Å²) in [6.07, 6.45) is -4.50. The van der Waals surface area contributed by atoms with E-state index in [9.17, 15) is 21.6 Å². The number of fused-ring (bicyclic) bond motifs is 1. The molecule has 4 nitrogen and oxygen atoms in total. The van der Waals surface area contributed by atoms with E-state index in [-0.39, 0.29) is 17.0 Å². The van der Waals surface area contributed by atoms with Crippen molar-refractivity contribution in [3.8, 4) is 0 Å². The van der Waals surface area contributed by atoms with Gasteiger partial charge in [0.2, 0.25) is 10.0 Å². The molecule has 1 heterocycles. The maximum absolute atomic E-state index is 12.7. The molecule has 0 spiro atoms. The maximum Gasteiger partial charge on any atom is 0.416 e. The Morgan fingerprint density at radius 3 is 2.48 bits per heavy atom. The van der Waals surface area contributed by atoms with Gasteiger partial charge < -0.3 is 5.32 Å². The van der Waals surface area contributed by atoms with Gasteiger partial charge in [-0.3, -0.25) is 0 Å². The molecule has 2 N–H and O–H groups in total. The highest BCUT2D eigenvalue weighted by molar-refractivity contribution is 7.89. The van der Waals surface area contributed by atoms with Crippen molar-refractivity contribution in [2.24, 2.45) is 0 Å². The van der Waals surface area contributed by atoms with Crippen molar-refractivity contribution < 1.29 is 21.6 Å². The predicted octanol–water partition coefficient (Wildman–Crippen LogP) is 3.10. The lowest BCUT2D eigenvalue weighted by Crippen LogP contribution is -2.24. The number of alkyl halides is 3. The van der Waals surface area contributed by atoms with Gasteiger partial charge in [0.05, 0.1) is 10.5 Å². The monoisotopic (exact) mass is 370 g/mol. The van der Waals surface area contributed by atoms with Crippen LogP contribution in [0.4, 0.5) is 13.2 Å². The topological polar surface area (TPSA) is 58.2 Å². The third-order valence-corrected chi connectivity index (χ3v) is 5.72. The lowest BCUT2D eigenvalue weighted by molar-refractivity contribution is -0.137. The fourth-order valence-electron chi connectivity index (χ4n) is 2.84. The van der Waals surface area contributed by atoms with Crippen LogP contribution in [-0.2, 0) is 35.8 Å². The standard InChI is InChI=1S/C17H17F3N2O2S/c1-11-6-15(17(18,19)20)4-5-16(11)25(23,24)22-8-12-2-3-13-9-21-10-14(13)7-12/h2-7,21-22H,8-10H2,1H3. The molecule has 3 rings (SSSR count). The van der Waals surface area contributed by atoms with Crippen molar-refractivity contribution in [2.45, 2.75) is 37.6 Å². The van der Waals surface area contributed by atoms with Gasteiger partial charge in [-0.25, -0.2) is 13.1 Å². The molecule has 0 aliphatic carbocycles. The summed E-state index contributed by atoms with van der Waals surface area (Å²) in [6.45, 7) is 2.97. The van der Waals surface area contributed by atoms with Crippen LogP contribution in [0.5, 0.6) is 0 Å². The molecule has 0 aromatic heterocycles. The van der Waals surface area contributed by atoms with Gasteiger partial charge in [0.15, 0.2) is 0 Å². The van der Waals surface area contributed by atoms with Crippen molar-refractivity contribution in [1.29, 1.82) is 0 Å². The van der Waals surface area contributed by atoms with E-state index in [2.05, 4.69) is 10.0 Å². The summed E-state index contributed by atoms with van der Waals surface area (Å²) in [6, 6.07) is 8.33. The molecule has 0 amide bonds. The molecule has 0 unspecified atom stereocenters. The minimum atomic E-state index is -4.50. The minimum absolute atomic E-state index is 0.0560. The third kappa shape index (κ3) is 3.86. The van der Waals surface area contributed by atoms with Crippen molar-refractivity contribution in [1.82, 2.24) is 10.0 Å². The smallest absolute Gasteiger partial charge is 0.309 e. The van der Waals surface area contributed by atoms with Crippen molar-refractivity contribution in [3.63, 3.8) is 0 Å². The summed E-state index contributed by atoms with van der Waals surface area (Å²) in [4.78, 5) is -0.150. The Hall–Kier alpha value is -1.90. The first-order valence-corrected chi connectivity index (χ1v) is 9.14. The average Bonchev–Trinajstić information content (AvgIpc) is 2.99. The highest BCUT2D eigenvalue weighted by atomic mass is 32.2. The Kier molecular flexibility index (Phi) is 4.61. The summed E-state index contributed by atoms with van der Waals surface area (Å²) in [5.41, 5.74) is 2.30. The lowest BCUT2D eigenvalue weighted by Gasteiger charge is -2.13. The first kappa shape index (κ1) is 17.9. The molecule has 0 saturated carbocycles. The second-order valence-corrected chi connectivity index (χ2v) is 7.74. The SMILES string of the molecule is Cc1cc(C(F)(F)F)ccc1S(=O)(=O)NCc1ccc2c(c1)CNC2. The van der Waals surface area contributed by atoms with E-state index in [1.165, 1.54) is 12.5 Å². The minimum Gasteiger partial charge on any atom is -0.309 e. The largest absolute Gasteiger partial charge is 0.416 e. The van der Waals surface area contributed by atoms with Gasteiger partial charge in [-0.15, -0.1) is 0 Å². The quantitative estimate of drug-likeness (QED) is 0.870. The lowest BCUT2D eigenvalue weighted by atomic mass is 10.1. The number of benzene rings is 2. The van der Waals surface area contributed by atoms with Gasteiger partial charge in [0.1, 0.15) is 0 Å². The zero-order chi connectivity index (χ0) is 18.2. The molecule has 2 aromatic carbocycles. The van der Waals surface area contributed by atoms with E-state index in [1.54, 1.807) is 0 Å². The van der Waals surface area contributed by atoms with Gasteiger partial charge in [-0.05, 0) is 47.4 Å². The molecule has 0 radical (unpaired) electrons.